The van der Waals surface area contributed by atoms with Crippen LogP contribution in [0.3, 0.4) is 0 Å². The monoisotopic (exact) mass is 392 g/mol. The van der Waals surface area contributed by atoms with Crippen LogP contribution < -0.4 is 14.5 Å². The summed E-state index contributed by atoms with van der Waals surface area (Å²) in [6.45, 7) is 7.69. The summed E-state index contributed by atoms with van der Waals surface area (Å²) in [7, 11) is 2.08. The lowest BCUT2D eigenvalue weighted by atomic mass is 9.76. The standard InChI is InChI=1S/C24H28N2O3/c1-5-26(15-13-22(27)28)18-11-10-17-12-14-24(29-21(17)16-18)23(2,3)19-8-6-7-9-20(19)25(24)4/h6-12,14,16H,5,13,15H2,1-4H3,(H,27,28). The SMILES string of the molecule is CCN(CCC(=O)O)c1ccc2c(c1)OC1(C=C2)N(C)c2ccccc2C1(C)C. The van der Waals surface area contributed by atoms with Gasteiger partial charge in [-0.2, -0.15) is 0 Å². The highest BCUT2D eigenvalue weighted by Gasteiger charge is 2.57. The van der Waals surface area contributed by atoms with Crippen molar-refractivity contribution < 1.29 is 14.6 Å². The van der Waals surface area contributed by atoms with Gasteiger partial charge in [-0.1, -0.05) is 18.2 Å². The van der Waals surface area contributed by atoms with Crippen molar-refractivity contribution in [2.75, 3.05) is 29.9 Å². The van der Waals surface area contributed by atoms with E-state index in [1.54, 1.807) is 0 Å². The molecule has 1 unspecified atom stereocenters. The predicted molar refractivity (Wildman–Crippen MR) is 117 cm³/mol. The number of carboxylic acids is 1. The van der Waals surface area contributed by atoms with Gasteiger partial charge in [-0.05, 0) is 56.7 Å². The van der Waals surface area contributed by atoms with Crippen LogP contribution in [0, 0.1) is 0 Å². The van der Waals surface area contributed by atoms with Crippen LogP contribution in [-0.4, -0.2) is 36.9 Å². The zero-order chi connectivity index (χ0) is 20.8. The van der Waals surface area contributed by atoms with Gasteiger partial charge in [-0.25, -0.2) is 0 Å². The fraction of sp³-hybridized carbons (Fsp3) is 0.375. The summed E-state index contributed by atoms with van der Waals surface area (Å²) in [5.41, 5.74) is 3.61. The van der Waals surface area contributed by atoms with E-state index in [4.69, 9.17) is 9.84 Å². The van der Waals surface area contributed by atoms with E-state index >= 15 is 0 Å². The molecule has 152 valence electrons. The molecule has 0 radical (unpaired) electrons. The molecule has 2 aromatic carbocycles. The Hall–Kier alpha value is -2.95. The van der Waals surface area contributed by atoms with Crippen molar-refractivity contribution >= 4 is 23.4 Å². The van der Waals surface area contributed by atoms with Crippen molar-refractivity contribution in [3.05, 3.63) is 59.7 Å². The normalized spacial score (nSPS) is 20.9. The molecule has 29 heavy (non-hydrogen) atoms. The van der Waals surface area contributed by atoms with Gasteiger partial charge < -0.3 is 19.6 Å². The fourth-order valence-electron chi connectivity index (χ4n) is 4.65. The average Bonchev–Trinajstić information content (AvgIpc) is 2.87. The number of nitrogens with zero attached hydrogens (tertiary/aromatic N) is 2. The first-order valence-corrected chi connectivity index (χ1v) is 10.1. The summed E-state index contributed by atoms with van der Waals surface area (Å²) >= 11 is 0. The van der Waals surface area contributed by atoms with E-state index in [9.17, 15) is 4.79 Å². The molecule has 0 fully saturated rings. The Kier molecular flexibility index (Phi) is 4.56. The lowest BCUT2D eigenvalue weighted by molar-refractivity contribution is -0.136. The third kappa shape index (κ3) is 2.87. The number of ether oxygens (including phenoxy) is 1. The van der Waals surface area contributed by atoms with Crippen LogP contribution in [0.15, 0.2) is 48.5 Å². The third-order valence-electron chi connectivity index (χ3n) is 6.43. The maximum Gasteiger partial charge on any atom is 0.305 e. The molecule has 0 saturated heterocycles. The van der Waals surface area contributed by atoms with Gasteiger partial charge >= 0.3 is 5.97 Å². The topological polar surface area (TPSA) is 53.0 Å². The Bertz CT molecular complexity index is 982. The highest BCUT2D eigenvalue weighted by atomic mass is 16.5. The van der Waals surface area contributed by atoms with Gasteiger partial charge in [0, 0.05) is 43.1 Å². The largest absolute Gasteiger partial charge is 0.481 e. The Morgan fingerprint density at radius 3 is 2.66 bits per heavy atom. The van der Waals surface area contributed by atoms with Gasteiger partial charge in [0.05, 0.1) is 11.8 Å². The molecular formula is C24H28N2O3. The highest BCUT2D eigenvalue weighted by molar-refractivity contribution is 5.73. The summed E-state index contributed by atoms with van der Waals surface area (Å²) < 4.78 is 6.75. The van der Waals surface area contributed by atoms with Crippen molar-refractivity contribution in [3.63, 3.8) is 0 Å². The average molecular weight is 392 g/mol. The lowest BCUT2D eigenvalue weighted by Crippen LogP contribution is -2.58. The van der Waals surface area contributed by atoms with Gasteiger partial charge in [0.15, 0.2) is 0 Å². The number of benzene rings is 2. The van der Waals surface area contributed by atoms with E-state index in [1.165, 1.54) is 11.3 Å². The molecular weight excluding hydrogens is 364 g/mol. The quantitative estimate of drug-likeness (QED) is 0.811. The predicted octanol–water partition coefficient (Wildman–Crippen LogP) is 4.52. The summed E-state index contributed by atoms with van der Waals surface area (Å²) in [6.07, 6.45) is 4.41. The van der Waals surface area contributed by atoms with Crippen molar-refractivity contribution in [1.29, 1.82) is 0 Å². The maximum absolute atomic E-state index is 11.0. The smallest absolute Gasteiger partial charge is 0.305 e. The second-order valence-electron chi connectivity index (χ2n) is 8.28. The Balaban J connectivity index is 1.71. The number of rotatable bonds is 5. The third-order valence-corrected chi connectivity index (χ3v) is 6.43. The number of carboxylic acid groups (broad SMARTS) is 1. The van der Waals surface area contributed by atoms with E-state index in [1.807, 2.05) is 25.1 Å². The summed E-state index contributed by atoms with van der Waals surface area (Å²) in [4.78, 5) is 15.3. The Morgan fingerprint density at radius 2 is 1.97 bits per heavy atom. The molecule has 2 aromatic rings. The molecule has 0 amide bonds. The molecule has 2 aliphatic rings. The lowest BCUT2D eigenvalue weighted by Gasteiger charge is -2.46. The van der Waals surface area contributed by atoms with Crippen molar-refractivity contribution in [2.24, 2.45) is 0 Å². The number of hydrogen-bond donors (Lipinski definition) is 1. The molecule has 0 aliphatic carbocycles. The molecule has 2 aliphatic heterocycles. The van der Waals surface area contributed by atoms with Crippen molar-refractivity contribution in [2.45, 2.75) is 38.3 Å². The van der Waals surface area contributed by atoms with Gasteiger partial charge in [0.1, 0.15) is 5.75 Å². The molecule has 4 rings (SSSR count). The van der Waals surface area contributed by atoms with Gasteiger partial charge in [0.2, 0.25) is 5.72 Å². The van der Waals surface area contributed by atoms with E-state index in [-0.39, 0.29) is 11.8 Å². The molecule has 1 spiro atoms. The van der Waals surface area contributed by atoms with Crippen LogP contribution >= 0.6 is 0 Å². The number of carbonyl (C=O) groups is 1. The van der Waals surface area contributed by atoms with Crippen LogP contribution in [0.25, 0.3) is 6.08 Å². The van der Waals surface area contributed by atoms with Crippen LogP contribution in [0.4, 0.5) is 11.4 Å². The number of aliphatic carboxylic acids is 1. The summed E-state index contributed by atoms with van der Waals surface area (Å²) in [6, 6.07) is 14.6. The second kappa shape index (κ2) is 6.83. The number of hydrogen-bond acceptors (Lipinski definition) is 4. The van der Waals surface area contributed by atoms with Crippen molar-refractivity contribution in [1.82, 2.24) is 0 Å². The van der Waals surface area contributed by atoms with Crippen molar-refractivity contribution in [3.8, 4) is 5.75 Å². The van der Waals surface area contributed by atoms with Crippen LogP contribution in [0.5, 0.6) is 5.75 Å². The van der Waals surface area contributed by atoms with E-state index in [2.05, 4.69) is 67.1 Å². The molecule has 0 bridgehead atoms. The Labute approximate surface area is 172 Å². The molecule has 1 N–H and O–H groups in total. The minimum Gasteiger partial charge on any atom is -0.481 e. The summed E-state index contributed by atoms with van der Waals surface area (Å²) in [5, 5.41) is 9.04. The van der Waals surface area contributed by atoms with Crippen LogP contribution in [-0.2, 0) is 10.2 Å². The van der Waals surface area contributed by atoms with E-state index in [0.717, 1.165) is 23.5 Å². The molecule has 0 aromatic heterocycles. The van der Waals surface area contributed by atoms with Gasteiger partial charge in [-0.3, -0.25) is 4.79 Å². The number of likely N-dealkylation sites (N-methyl/N-ethyl adjacent to an activating group) is 1. The van der Waals surface area contributed by atoms with E-state index < -0.39 is 11.7 Å². The maximum atomic E-state index is 11.0. The second-order valence-corrected chi connectivity index (χ2v) is 8.28. The zero-order valence-corrected chi connectivity index (χ0v) is 17.5. The zero-order valence-electron chi connectivity index (χ0n) is 17.5. The minimum atomic E-state index is -0.786. The summed E-state index contributed by atoms with van der Waals surface area (Å²) in [5.74, 6) is 0.0400. The molecule has 0 saturated carbocycles. The Morgan fingerprint density at radius 1 is 1.21 bits per heavy atom. The molecule has 1 atom stereocenters. The minimum absolute atomic E-state index is 0.112. The van der Waals surface area contributed by atoms with Crippen LogP contribution in [0.2, 0.25) is 0 Å². The van der Waals surface area contributed by atoms with Gasteiger partial charge in [0.25, 0.3) is 0 Å². The number of anilines is 2. The first kappa shape index (κ1) is 19.4. The fourth-order valence-corrected chi connectivity index (χ4v) is 4.65. The molecule has 5 nitrogen and oxygen atoms in total. The first-order valence-electron chi connectivity index (χ1n) is 10.1. The van der Waals surface area contributed by atoms with E-state index in [0.29, 0.717) is 6.54 Å². The molecule has 2 heterocycles. The van der Waals surface area contributed by atoms with Crippen LogP contribution in [0.1, 0.15) is 38.3 Å². The molecule has 5 heteroatoms. The number of fused-ring (bicyclic) bond motifs is 2. The first-order chi connectivity index (χ1) is 13.8. The van der Waals surface area contributed by atoms with Gasteiger partial charge in [-0.15, -0.1) is 0 Å². The highest BCUT2D eigenvalue weighted by Crippen LogP contribution is 2.54. The number of para-hydroxylation sites is 1.